The van der Waals surface area contributed by atoms with Gasteiger partial charge in [-0.2, -0.15) is 0 Å². The number of benzene rings is 1. The highest BCUT2D eigenvalue weighted by Gasteiger charge is 2.46. The fourth-order valence-corrected chi connectivity index (χ4v) is 3.81. The summed E-state index contributed by atoms with van der Waals surface area (Å²) in [6.07, 6.45) is 2.23. The van der Waals surface area contributed by atoms with Crippen molar-refractivity contribution in [1.82, 2.24) is 5.32 Å². The average molecular weight is 344 g/mol. The van der Waals surface area contributed by atoms with E-state index in [4.69, 9.17) is 0 Å². The zero-order valence-corrected chi connectivity index (χ0v) is 14.9. The van der Waals surface area contributed by atoms with E-state index in [-0.39, 0.29) is 23.8 Å². The van der Waals surface area contributed by atoms with E-state index in [1.807, 2.05) is 31.2 Å². The third-order valence-electron chi connectivity index (χ3n) is 5.32. The maximum absolute atomic E-state index is 12.8. The van der Waals surface area contributed by atoms with Gasteiger partial charge < -0.3 is 10.2 Å². The third-order valence-corrected chi connectivity index (χ3v) is 5.32. The second kappa shape index (κ2) is 7.35. The van der Waals surface area contributed by atoms with Crippen LogP contribution in [0.1, 0.15) is 31.7 Å². The second-order valence-electron chi connectivity index (χ2n) is 7.20. The predicted molar refractivity (Wildman–Crippen MR) is 94.2 cm³/mol. The van der Waals surface area contributed by atoms with Gasteiger partial charge in [0.15, 0.2) is 6.04 Å². The number of imide groups is 1. The first-order chi connectivity index (χ1) is 12.0. The number of carbonyl (C=O) groups excluding carboxylic acids is 3. The number of rotatable bonds is 4. The Kier molecular flexibility index (Phi) is 5.18. The van der Waals surface area contributed by atoms with Crippen LogP contribution < -0.4 is 15.1 Å². The monoisotopic (exact) mass is 344 g/mol. The van der Waals surface area contributed by atoms with Gasteiger partial charge in [-0.1, -0.05) is 17.7 Å². The highest BCUT2D eigenvalue weighted by molar-refractivity contribution is 6.21. The van der Waals surface area contributed by atoms with Crippen LogP contribution in [0.25, 0.3) is 0 Å². The molecule has 0 unspecified atom stereocenters. The van der Waals surface area contributed by atoms with Gasteiger partial charge in [-0.25, -0.2) is 4.90 Å². The van der Waals surface area contributed by atoms with E-state index in [9.17, 15) is 14.4 Å². The minimum absolute atomic E-state index is 0.0000774. The highest BCUT2D eigenvalue weighted by Crippen LogP contribution is 2.22. The zero-order valence-electron chi connectivity index (χ0n) is 14.9. The van der Waals surface area contributed by atoms with Crippen LogP contribution in [-0.2, 0) is 14.4 Å². The van der Waals surface area contributed by atoms with E-state index >= 15 is 0 Å². The molecule has 0 aliphatic carbocycles. The molecule has 25 heavy (non-hydrogen) atoms. The lowest BCUT2D eigenvalue weighted by Crippen LogP contribution is -3.17. The molecule has 6 nitrogen and oxygen atoms in total. The van der Waals surface area contributed by atoms with Crippen LogP contribution >= 0.6 is 0 Å². The highest BCUT2D eigenvalue weighted by atomic mass is 16.2. The molecule has 6 heteroatoms. The van der Waals surface area contributed by atoms with Crippen LogP contribution in [0.2, 0.25) is 0 Å². The Balaban J connectivity index is 1.61. The van der Waals surface area contributed by atoms with Gasteiger partial charge in [-0.15, -0.1) is 0 Å². The molecule has 1 aromatic rings. The van der Waals surface area contributed by atoms with Crippen molar-refractivity contribution in [2.45, 2.75) is 39.2 Å². The van der Waals surface area contributed by atoms with E-state index in [1.165, 1.54) is 16.7 Å². The van der Waals surface area contributed by atoms with Gasteiger partial charge in [-0.3, -0.25) is 14.4 Å². The standard InChI is InChI=1S/C19H25N3O3/c1-13-3-5-16(6-4-13)22-18(24)11-17(19(22)25)21-9-7-15(8-10-21)12-20-14(2)23/h3-6,15,17H,7-12H2,1-2H3,(H,20,23)/p+1/t17-/m0/s1. The molecule has 2 heterocycles. The number of hydrogen-bond donors (Lipinski definition) is 2. The van der Waals surface area contributed by atoms with Crippen molar-refractivity contribution in [2.75, 3.05) is 24.5 Å². The molecule has 1 atom stereocenters. The summed E-state index contributed by atoms with van der Waals surface area (Å²) in [5, 5.41) is 2.87. The van der Waals surface area contributed by atoms with Gasteiger partial charge in [0.25, 0.3) is 5.91 Å². The summed E-state index contributed by atoms with van der Waals surface area (Å²) in [6.45, 7) is 5.96. The molecule has 134 valence electrons. The summed E-state index contributed by atoms with van der Waals surface area (Å²) >= 11 is 0. The van der Waals surface area contributed by atoms with Crippen molar-refractivity contribution in [1.29, 1.82) is 0 Å². The first-order valence-corrected chi connectivity index (χ1v) is 8.98. The Morgan fingerprint density at radius 1 is 1.20 bits per heavy atom. The van der Waals surface area contributed by atoms with Crippen LogP contribution in [0, 0.1) is 12.8 Å². The smallest absolute Gasteiger partial charge is 0.292 e. The van der Waals surface area contributed by atoms with E-state index < -0.39 is 0 Å². The fraction of sp³-hybridized carbons (Fsp3) is 0.526. The van der Waals surface area contributed by atoms with Crippen molar-refractivity contribution in [2.24, 2.45) is 5.92 Å². The van der Waals surface area contributed by atoms with E-state index in [2.05, 4.69) is 5.32 Å². The molecule has 1 aromatic carbocycles. The number of nitrogens with zero attached hydrogens (tertiary/aromatic N) is 1. The van der Waals surface area contributed by atoms with Gasteiger partial charge in [0.2, 0.25) is 11.8 Å². The molecule has 2 aliphatic heterocycles. The molecule has 3 rings (SSSR count). The summed E-state index contributed by atoms with van der Waals surface area (Å²) in [7, 11) is 0. The number of aryl methyl sites for hydroxylation is 1. The van der Waals surface area contributed by atoms with Crippen molar-refractivity contribution in [3.63, 3.8) is 0 Å². The Labute approximate surface area is 148 Å². The van der Waals surface area contributed by atoms with Gasteiger partial charge in [0.05, 0.1) is 25.2 Å². The van der Waals surface area contributed by atoms with Crippen molar-refractivity contribution in [3.8, 4) is 0 Å². The van der Waals surface area contributed by atoms with Crippen molar-refractivity contribution in [3.05, 3.63) is 29.8 Å². The molecule has 0 aromatic heterocycles. The molecule has 0 spiro atoms. The molecule has 2 fully saturated rings. The minimum Gasteiger partial charge on any atom is -0.356 e. The summed E-state index contributed by atoms with van der Waals surface area (Å²) in [6, 6.07) is 7.24. The third kappa shape index (κ3) is 3.90. The van der Waals surface area contributed by atoms with Crippen LogP contribution in [0.4, 0.5) is 5.69 Å². The van der Waals surface area contributed by atoms with E-state index in [0.29, 0.717) is 24.6 Å². The summed E-state index contributed by atoms with van der Waals surface area (Å²) in [5.74, 6) is 0.282. The average Bonchev–Trinajstić information content (AvgIpc) is 2.89. The summed E-state index contributed by atoms with van der Waals surface area (Å²) in [5.41, 5.74) is 1.77. The van der Waals surface area contributed by atoms with Gasteiger partial charge in [0.1, 0.15) is 0 Å². The number of likely N-dealkylation sites (tertiary alicyclic amines) is 1. The first-order valence-electron chi connectivity index (χ1n) is 8.98. The maximum Gasteiger partial charge on any atom is 0.292 e. The number of carbonyl (C=O) groups is 3. The Morgan fingerprint density at radius 3 is 2.44 bits per heavy atom. The molecule has 0 radical (unpaired) electrons. The predicted octanol–water partition coefficient (Wildman–Crippen LogP) is 0.0579. The topological polar surface area (TPSA) is 70.9 Å². The normalized spacial score (nSPS) is 26.8. The van der Waals surface area contributed by atoms with E-state index in [0.717, 1.165) is 31.5 Å². The van der Waals surface area contributed by atoms with Crippen molar-refractivity contribution < 1.29 is 19.3 Å². The van der Waals surface area contributed by atoms with Crippen LogP contribution in [0.3, 0.4) is 0 Å². The number of quaternary nitrogens is 1. The number of anilines is 1. The molecule has 0 saturated carbocycles. The number of hydrogen-bond acceptors (Lipinski definition) is 3. The quantitative estimate of drug-likeness (QED) is 0.759. The molecule has 3 amide bonds. The number of nitrogens with one attached hydrogen (secondary N) is 2. The van der Waals surface area contributed by atoms with Gasteiger partial charge in [-0.05, 0) is 25.0 Å². The first kappa shape index (κ1) is 17.6. The summed E-state index contributed by atoms with van der Waals surface area (Å²) < 4.78 is 0. The Hall–Kier alpha value is -2.21. The molecule has 2 aliphatic rings. The SMILES string of the molecule is CC(=O)NCC1CC[NH+]([C@H]2CC(=O)N(c3ccc(C)cc3)C2=O)CC1. The van der Waals surface area contributed by atoms with Crippen LogP contribution in [-0.4, -0.2) is 43.4 Å². The lowest BCUT2D eigenvalue weighted by atomic mass is 9.95. The number of piperidine rings is 1. The zero-order chi connectivity index (χ0) is 18.0. The fourth-order valence-electron chi connectivity index (χ4n) is 3.81. The van der Waals surface area contributed by atoms with Gasteiger partial charge in [0, 0.05) is 26.3 Å². The largest absolute Gasteiger partial charge is 0.356 e. The molecule has 0 bridgehead atoms. The molecule has 2 saturated heterocycles. The Morgan fingerprint density at radius 2 is 1.84 bits per heavy atom. The molecular formula is C19H26N3O3+. The lowest BCUT2D eigenvalue weighted by molar-refractivity contribution is -0.920. The lowest BCUT2D eigenvalue weighted by Gasteiger charge is -2.32. The Bertz CT molecular complexity index is 663. The minimum atomic E-state index is -0.268. The second-order valence-corrected chi connectivity index (χ2v) is 7.20. The van der Waals surface area contributed by atoms with Crippen LogP contribution in [0.5, 0.6) is 0 Å². The van der Waals surface area contributed by atoms with Gasteiger partial charge >= 0.3 is 0 Å². The van der Waals surface area contributed by atoms with Crippen molar-refractivity contribution >= 4 is 23.4 Å². The molecular weight excluding hydrogens is 318 g/mol. The van der Waals surface area contributed by atoms with E-state index in [1.54, 1.807) is 0 Å². The maximum atomic E-state index is 12.8. The number of amides is 3. The molecule has 2 N–H and O–H groups in total. The van der Waals surface area contributed by atoms with Crippen LogP contribution in [0.15, 0.2) is 24.3 Å². The summed E-state index contributed by atoms with van der Waals surface area (Å²) in [4.78, 5) is 38.8.